The molecule has 1 aromatic heterocycles. The summed E-state index contributed by atoms with van der Waals surface area (Å²) < 4.78 is 1.88. The van der Waals surface area contributed by atoms with Gasteiger partial charge in [-0.25, -0.2) is 4.68 Å². The first-order valence-electron chi connectivity index (χ1n) is 5.05. The van der Waals surface area contributed by atoms with E-state index in [4.69, 9.17) is 11.6 Å². The number of hydrogen-bond acceptors (Lipinski definition) is 1. The molecule has 2 nitrogen and oxygen atoms in total. The summed E-state index contributed by atoms with van der Waals surface area (Å²) in [6.07, 6.45) is 0.989. The van der Waals surface area contributed by atoms with E-state index in [9.17, 15) is 0 Å². The largest absolute Gasteiger partial charge is 0.249 e. The second-order valence-electron chi connectivity index (χ2n) is 5.14. The van der Waals surface area contributed by atoms with Gasteiger partial charge in [0.05, 0.1) is 11.2 Å². The highest BCUT2D eigenvalue weighted by atomic mass is 35.5. The van der Waals surface area contributed by atoms with Crippen LogP contribution >= 0.6 is 11.6 Å². The molecular weight excluding hydrogens is 196 g/mol. The average molecular weight is 215 g/mol. The fourth-order valence-corrected chi connectivity index (χ4v) is 1.81. The molecule has 3 heteroatoms. The highest BCUT2D eigenvalue weighted by Gasteiger charge is 2.18. The summed E-state index contributed by atoms with van der Waals surface area (Å²) in [5, 5.41) is 5.24. The monoisotopic (exact) mass is 214 g/mol. The van der Waals surface area contributed by atoms with Crippen LogP contribution in [0.15, 0.2) is 6.07 Å². The van der Waals surface area contributed by atoms with E-state index >= 15 is 0 Å². The Morgan fingerprint density at radius 3 is 2.36 bits per heavy atom. The maximum atomic E-state index is 6.11. The summed E-state index contributed by atoms with van der Waals surface area (Å²) in [7, 11) is 0. The van der Waals surface area contributed by atoms with Crippen LogP contribution in [0.25, 0.3) is 0 Å². The maximum absolute atomic E-state index is 6.11. The fourth-order valence-electron chi connectivity index (χ4n) is 1.39. The van der Waals surface area contributed by atoms with E-state index in [0.29, 0.717) is 5.92 Å². The number of nitrogens with zero attached hydrogens (tertiary/aromatic N) is 2. The van der Waals surface area contributed by atoms with Crippen molar-refractivity contribution in [3.8, 4) is 0 Å². The Morgan fingerprint density at radius 2 is 2.00 bits per heavy atom. The smallest absolute Gasteiger partial charge is 0.127 e. The van der Waals surface area contributed by atoms with Crippen molar-refractivity contribution in [2.45, 2.75) is 46.6 Å². The van der Waals surface area contributed by atoms with Crippen molar-refractivity contribution in [1.82, 2.24) is 9.78 Å². The van der Waals surface area contributed by atoms with E-state index in [1.165, 1.54) is 0 Å². The van der Waals surface area contributed by atoms with Crippen molar-refractivity contribution in [3.05, 3.63) is 16.9 Å². The molecule has 0 saturated heterocycles. The Kier molecular flexibility index (Phi) is 3.25. The first kappa shape index (κ1) is 11.6. The lowest BCUT2D eigenvalue weighted by Crippen LogP contribution is -2.23. The summed E-state index contributed by atoms with van der Waals surface area (Å²) in [6, 6.07) is 1.97. The minimum Gasteiger partial charge on any atom is -0.249 e. The lowest BCUT2D eigenvalue weighted by molar-refractivity contribution is 0.353. The van der Waals surface area contributed by atoms with Crippen molar-refractivity contribution in [3.63, 3.8) is 0 Å². The highest BCUT2D eigenvalue weighted by molar-refractivity contribution is 6.29. The van der Waals surface area contributed by atoms with E-state index in [2.05, 4.69) is 39.7 Å². The molecule has 1 rings (SSSR count). The molecule has 1 aromatic rings. The molecule has 0 spiro atoms. The summed E-state index contributed by atoms with van der Waals surface area (Å²) >= 11 is 6.11. The van der Waals surface area contributed by atoms with Crippen LogP contribution in [0.5, 0.6) is 0 Å². The first-order chi connectivity index (χ1) is 6.30. The number of rotatable bonds is 2. The van der Waals surface area contributed by atoms with Crippen LogP contribution in [-0.4, -0.2) is 9.78 Å². The molecule has 0 fully saturated rings. The Balaban J connectivity index is 2.94. The molecule has 0 amide bonds. The van der Waals surface area contributed by atoms with Gasteiger partial charge >= 0.3 is 0 Å². The van der Waals surface area contributed by atoms with E-state index < -0.39 is 0 Å². The third kappa shape index (κ3) is 2.74. The fraction of sp³-hybridized carbons (Fsp3) is 0.727. The van der Waals surface area contributed by atoms with Gasteiger partial charge in [-0.15, -0.1) is 0 Å². The zero-order valence-electron chi connectivity index (χ0n) is 9.63. The predicted octanol–water partition coefficient (Wildman–Crippen LogP) is 3.49. The molecule has 14 heavy (non-hydrogen) atoms. The topological polar surface area (TPSA) is 17.8 Å². The van der Waals surface area contributed by atoms with E-state index in [1.807, 2.05) is 10.7 Å². The third-order valence-corrected chi connectivity index (χ3v) is 2.24. The summed E-state index contributed by atoms with van der Waals surface area (Å²) in [4.78, 5) is 0. The van der Waals surface area contributed by atoms with Gasteiger partial charge in [0.15, 0.2) is 0 Å². The Bertz CT molecular complexity index is 308. The molecular formula is C11H19ClN2. The second kappa shape index (κ2) is 3.93. The van der Waals surface area contributed by atoms with Crippen molar-refractivity contribution in [2.75, 3.05) is 0 Å². The zero-order chi connectivity index (χ0) is 10.9. The van der Waals surface area contributed by atoms with Crippen molar-refractivity contribution < 1.29 is 0 Å². The maximum Gasteiger partial charge on any atom is 0.127 e. The molecule has 0 aromatic carbocycles. The van der Waals surface area contributed by atoms with Crippen molar-refractivity contribution >= 4 is 11.6 Å². The third-order valence-electron chi connectivity index (χ3n) is 1.97. The molecule has 0 N–H and O–H groups in total. The van der Waals surface area contributed by atoms with E-state index in [1.54, 1.807) is 0 Å². The van der Waals surface area contributed by atoms with Crippen LogP contribution in [0.2, 0.25) is 5.15 Å². The molecule has 0 aliphatic carbocycles. The number of aromatic nitrogens is 2. The van der Waals surface area contributed by atoms with Crippen LogP contribution in [0.4, 0.5) is 0 Å². The quantitative estimate of drug-likeness (QED) is 0.737. The summed E-state index contributed by atoms with van der Waals surface area (Å²) in [5.41, 5.74) is 1.05. The van der Waals surface area contributed by atoms with Crippen molar-refractivity contribution in [2.24, 2.45) is 5.92 Å². The van der Waals surface area contributed by atoms with Gasteiger partial charge in [0.1, 0.15) is 5.15 Å². The summed E-state index contributed by atoms with van der Waals surface area (Å²) in [5.74, 6) is 0.620. The summed E-state index contributed by atoms with van der Waals surface area (Å²) in [6.45, 7) is 10.7. The van der Waals surface area contributed by atoms with Crippen LogP contribution in [0, 0.1) is 5.92 Å². The number of hydrogen-bond donors (Lipinski definition) is 0. The van der Waals surface area contributed by atoms with Gasteiger partial charge in [0, 0.05) is 0 Å². The SMILES string of the molecule is CC(C)Cc1cc(Cl)n(C(C)(C)C)n1. The van der Waals surface area contributed by atoms with E-state index in [0.717, 1.165) is 17.3 Å². The molecule has 0 radical (unpaired) electrons. The molecule has 0 aliphatic rings. The van der Waals surface area contributed by atoms with Crippen LogP contribution in [-0.2, 0) is 12.0 Å². The van der Waals surface area contributed by atoms with Crippen LogP contribution in [0.1, 0.15) is 40.3 Å². The standard InChI is InChI=1S/C11H19ClN2/c1-8(2)6-9-7-10(12)14(13-9)11(3,4)5/h7-8H,6H2,1-5H3. The van der Waals surface area contributed by atoms with Gasteiger partial charge in [0.2, 0.25) is 0 Å². The van der Waals surface area contributed by atoms with Crippen molar-refractivity contribution in [1.29, 1.82) is 0 Å². The van der Waals surface area contributed by atoms with E-state index in [-0.39, 0.29) is 5.54 Å². The number of halogens is 1. The minimum atomic E-state index is -0.0354. The van der Waals surface area contributed by atoms with Gasteiger partial charge in [-0.3, -0.25) is 0 Å². The molecule has 1 heterocycles. The molecule has 80 valence electrons. The lowest BCUT2D eigenvalue weighted by atomic mass is 10.1. The molecule has 0 aliphatic heterocycles. The molecule has 0 bridgehead atoms. The Hall–Kier alpha value is -0.500. The van der Waals surface area contributed by atoms with Crippen LogP contribution in [0.3, 0.4) is 0 Å². The van der Waals surface area contributed by atoms with Gasteiger partial charge < -0.3 is 0 Å². The van der Waals surface area contributed by atoms with Crippen LogP contribution < -0.4 is 0 Å². The molecule has 0 unspecified atom stereocenters. The predicted molar refractivity (Wildman–Crippen MR) is 60.8 cm³/mol. The second-order valence-corrected chi connectivity index (χ2v) is 5.53. The van der Waals surface area contributed by atoms with Gasteiger partial charge in [-0.2, -0.15) is 5.10 Å². The zero-order valence-corrected chi connectivity index (χ0v) is 10.4. The Labute approximate surface area is 91.3 Å². The molecule has 0 atom stereocenters. The highest BCUT2D eigenvalue weighted by Crippen LogP contribution is 2.22. The minimum absolute atomic E-state index is 0.0354. The van der Waals surface area contributed by atoms with Gasteiger partial charge in [-0.05, 0) is 39.2 Å². The molecule has 0 saturated carbocycles. The normalized spacial score (nSPS) is 12.5. The van der Waals surface area contributed by atoms with Gasteiger partial charge in [-0.1, -0.05) is 25.4 Å². The lowest BCUT2D eigenvalue weighted by Gasteiger charge is -2.20. The average Bonchev–Trinajstić information content (AvgIpc) is 2.27. The van der Waals surface area contributed by atoms with Gasteiger partial charge in [0.25, 0.3) is 0 Å². The Morgan fingerprint density at radius 1 is 1.43 bits per heavy atom. The first-order valence-corrected chi connectivity index (χ1v) is 5.43.